The van der Waals surface area contributed by atoms with Crippen LogP contribution >= 0.6 is 0 Å². The second kappa shape index (κ2) is 3.56. The Balaban J connectivity index is 1.94. The van der Waals surface area contributed by atoms with E-state index in [-0.39, 0.29) is 0 Å². The highest BCUT2D eigenvalue weighted by molar-refractivity contribution is 5.44. The minimum Gasteiger partial charge on any atom is -0.233 e. The Morgan fingerprint density at radius 1 is 1.39 bits per heavy atom. The van der Waals surface area contributed by atoms with Crippen molar-refractivity contribution >= 4 is 5.65 Å². The highest BCUT2D eigenvalue weighted by Crippen LogP contribution is 2.53. The van der Waals surface area contributed by atoms with Crippen LogP contribution in [0.2, 0.25) is 0 Å². The molecule has 2 aromatic heterocycles. The van der Waals surface area contributed by atoms with Crippen LogP contribution in [0.25, 0.3) is 5.65 Å². The van der Waals surface area contributed by atoms with Gasteiger partial charge in [0.25, 0.3) is 0 Å². The van der Waals surface area contributed by atoms with Crippen LogP contribution in [0.4, 0.5) is 0 Å². The molecule has 0 saturated heterocycles. The van der Waals surface area contributed by atoms with E-state index in [2.05, 4.69) is 18.2 Å². The molecule has 94 valence electrons. The molecule has 0 N–H and O–H groups in total. The Labute approximate surface area is 107 Å². The first-order chi connectivity index (χ1) is 8.83. The fourth-order valence-electron chi connectivity index (χ4n) is 4.31. The highest BCUT2D eigenvalue weighted by Gasteiger charge is 2.48. The second-order valence-electron chi connectivity index (χ2n) is 5.92. The first-order valence-electron chi connectivity index (χ1n) is 7.17. The predicted molar refractivity (Wildman–Crippen MR) is 70.6 cm³/mol. The van der Waals surface area contributed by atoms with E-state index >= 15 is 0 Å². The lowest BCUT2D eigenvalue weighted by molar-refractivity contribution is 0.286. The van der Waals surface area contributed by atoms with Crippen molar-refractivity contribution in [2.24, 2.45) is 5.92 Å². The molecule has 3 heteroatoms. The zero-order valence-corrected chi connectivity index (χ0v) is 10.9. The van der Waals surface area contributed by atoms with E-state index < -0.39 is 0 Å². The smallest absolute Gasteiger partial charge is 0.155 e. The summed E-state index contributed by atoms with van der Waals surface area (Å²) in [6, 6.07) is 2.02. The van der Waals surface area contributed by atoms with Gasteiger partial charge in [0.1, 0.15) is 0 Å². The highest BCUT2D eigenvalue weighted by atomic mass is 15.2. The minimum absolute atomic E-state index is 0.399. The molecule has 1 spiro atoms. The van der Waals surface area contributed by atoms with Gasteiger partial charge in [-0.15, -0.1) is 0 Å². The van der Waals surface area contributed by atoms with Crippen molar-refractivity contribution in [3.05, 3.63) is 29.7 Å². The lowest BCUT2D eigenvalue weighted by Crippen LogP contribution is -2.28. The summed E-state index contributed by atoms with van der Waals surface area (Å²) >= 11 is 0. The van der Waals surface area contributed by atoms with Crippen LogP contribution in [-0.4, -0.2) is 14.6 Å². The van der Waals surface area contributed by atoms with Gasteiger partial charge in [0.05, 0.1) is 11.9 Å². The lowest BCUT2D eigenvalue weighted by atomic mass is 9.74. The summed E-state index contributed by atoms with van der Waals surface area (Å²) in [6.45, 7) is 2.34. The largest absolute Gasteiger partial charge is 0.233 e. The fraction of sp³-hybridized carbons (Fsp3) is 0.600. The maximum atomic E-state index is 4.95. The van der Waals surface area contributed by atoms with Crippen molar-refractivity contribution in [1.29, 1.82) is 0 Å². The van der Waals surface area contributed by atoms with Gasteiger partial charge in [-0.1, -0.05) is 26.2 Å². The van der Waals surface area contributed by atoms with Gasteiger partial charge in [0.15, 0.2) is 5.65 Å². The van der Waals surface area contributed by atoms with Crippen LogP contribution in [0, 0.1) is 5.92 Å². The van der Waals surface area contributed by atoms with E-state index in [1.807, 2.05) is 16.8 Å². The summed E-state index contributed by atoms with van der Waals surface area (Å²) in [7, 11) is 0. The summed E-state index contributed by atoms with van der Waals surface area (Å²) in [4.78, 5) is 4.95. The van der Waals surface area contributed by atoms with Crippen LogP contribution in [0.15, 0.2) is 18.5 Å². The zero-order valence-electron chi connectivity index (χ0n) is 10.9. The van der Waals surface area contributed by atoms with Crippen LogP contribution in [0.5, 0.6) is 0 Å². The number of hydrogen-bond acceptors (Lipinski definition) is 2. The fourth-order valence-corrected chi connectivity index (χ4v) is 4.31. The Kier molecular flexibility index (Phi) is 2.08. The number of hydrogen-bond donors (Lipinski definition) is 0. The molecule has 0 aromatic carbocycles. The average Bonchev–Trinajstić information content (AvgIpc) is 3.08. The molecule has 18 heavy (non-hydrogen) atoms. The molecule has 1 fully saturated rings. The van der Waals surface area contributed by atoms with Crippen molar-refractivity contribution in [3.63, 3.8) is 0 Å². The zero-order chi connectivity index (χ0) is 12.2. The molecule has 2 heterocycles. The minimum atomic E-state index is 0.399. The SMILES string of the molecule is CCC1Cc2cn3nccc3nc2C12CCCC2. The summed E-state index contributed by atoms with van der Waals surface area (Å²) in [5.41, 5.74) is 4.26. The van der Waals surface area contributed by atoms with Crippen molar-refractivity contribution in [3.8, 4) is 0 Å². The van der Waals surface area contributed by atoms with Gasteiger partial charge in [-0.3, -0.25) is 0 Å². The Bertz CT molecular complexity index is 593. The third-order valence-electron chi connectivity index (χ3n) is 5.17. The predicted octanol–water partition coefficient (Wildman–Crippen LogP) is 3.12. The monoisotopic (exact) mass is 241 g/mol. The van der Waals surface area contributed by atoms with Crippen molar-refractivity contribution in [2.45, 2.75) is 50.9 Å². The van der Waals surface area contributed by atoms with Crippen LogP contribution in [0.3, 0.4) is 0 Å². The Hall–Kier alpha value is -1.38. The first kappa shape index (κ1) is 10.5. The number of fused-ring (bicyclic) bond motifs is 3. The summed E-state index contributed by atoms with van der Waals surface area (Å²) in [5, 5.41) is 4.32. The van der Waals surface area contributed by atoms with Gasteiger partial charge < -0.3 is 0 Å². The molecule has 1 unspecified atom stereocenters. The van der Waals surface area contributed by atoms with E-state index in [0.717, 1.165) is 11.6 Å². The van der Waals surface area contributed by atoms with Crippen LogP contribution in [-0.2, 0) is 11.8 Å². The van der Waals surface area contributed by atoms with Gasteiger partial charge in [0, 0.05) is 17.7 Å². The molecule has 1 atom stereocenters. The molecular weight excluding hydrogens is 222 g/mol. The van der Waals surface area contributed by atoms with Gasteiger partial charge in [-0.05, 0) is 30.7 Å². The van der Waals surface area contributed by atoms with E-state index in [1.54, 1.807) is 0 Å². The van der Waals surface area contributed by atoms with Crippen LogP contribution in [0.1, 0.15) is 50.3 Å². The molecule has 0 amide bonds. The second-order valence-corrected chi connectivity index (χ2v) is 5.92. The molecule has 0 aliphatic heterocycles. The first-order valence-corrected chi connectivity index (χ1v) is 7.17. The third kappa shape index (κ3) is 1.20. The van der Waals surface area contributed by atoms with Crippen LogP contribution < -0.4 is 0 Å². The molecule has 2 aliphatic carbocycles. The van der Waals surface area contributed by atoms with E-state index in [1.165, 1.54) is 49.8 Å². The molecule has 2 aromatic rings. The number of aromatic nitrogens is 3. The molecule has 0 radical (unpaired) electrons. The molecule has 1 saturated carbocycles. The molecule has 0 bridgehead atoms. The topological polar surface area (TPSA) is 30.2 Å². The third-order valence-corrected chi connectivity index (χ3v) is 5.17. The van der Waals surface area contributed by atoms with Gasteiger partial charge in [0.2, 0.25) is 0 Å². The van der Waals surface area contributed by atoms with E-state index in [0.29, 0.717) is 5.41 Å². The van der Waals surface area contributed by atoms with Crippen molar-refractivity contribution in [1.82, 2.24) is 14.6 Å². The standard InChI is InChI=1S/C15H19N3/c1-2-12-9-11-10-18-13(5-8-16-18)17-14(11)15(12)6-3-4-7-15/h5,8,10,12H,2-4,6-7,9H2,1H3. The van der Waals surface area contributed by atoms with Gasteiger partial charge in [-0.2, -0.15) is 5.10 Å². The van der Waals surface area contributed by atoms with Crippen molar-refractivity contribution < 1.29 is 0 Å². The maximum Gasteiger partial charge on any atom is 0.155 e. The summed E-state index contributed by atoms with van der Waals surface area (Å²) in [5.74, 6) is 0.801. The Morgan fingerprint density at radius 3 is 3.00 bits per heavy atom. The molecular formula is C15H19N3. The normalized spacial score (nSPS) is 25.1. The van der Waals surface area contributed by atoms with Gasteiger partial charge in [-0.25, -0.2) is 9.50 Å². The van der Waals surface area contributed by atoms with Gasteiger partial charge >= 0.3 is 0 Å². The maximum absolute atomic E-state index is 4.95. The molecule has 4 rings (SSSR count). The summed E-state index contributed by atoms with van der Waals surface area (Å²) in [6.07, 6.45) is 12.0. The van der Waals surface area contributed by atoms with Crippen molar-refractivity contribution in [2.75, 3.05) is 0 Å². The van der Waals surface area contributed by atoms with E-state index in [4.69, 9.17) is 4.98 Å². The average molecular weight is 241 g/mol. The molecule has 3 nitrogen and oxygen atoms in total. The Morgan fingerprint density at radius 2 is 2.22 bits per heavy atom. The quantitative estimate of drug-likeness (QED) is 0.768. The number of nitrogens with zero attached hydrogens (tertiary/aromatic N) is 3. The van der Waals surface area contributed by atoms with E-state index in [9.17, 15) is 0 Å². The lowest BCUT2D eigenvalue weighted by Gasteiger charge is -2.30. The molecule has 2 aliphatic rings. The number of rotatable bonds is 1. The summed E-state index contributed by atoms with van der Waals surface area (Å²) < 4.78 is 1.93.